The second-order valence-corrected chi connectivity index (χ2v) is 6.90. The van der Waals surface area contributed by atoms with Gasteiger partial charge in [-0.15, -0.1) is 24.0 Å². The van der Waals surface area contributed by atoms with Crippen molar-refractivity contribution >= 4 is 41.5 Å². The monoisotopic (exact) mass is 554 g/mol. The average Bonchev–Trinajstić information content (AvgIpc) is 3.03. The van der Waals surface area contributed by atoms with E-state index in [1.54, 1.807) is 0 Å². The van der Waals surface area contributed by atoms with Crippen LogP contribution in [0.3, 0.4) is 0 Å². The quantitative estimate of drug-likeness (QED) is 0.191. The Morgan fingerprint density at radius 3 is 2.62 bits per heavy atom. The highest BCUT2D eigenvalue weighted by molar-refractivity contribution is 14.0. The van der Waals surface area contributed by atoms with Crippen molar-refractivity contribution in [3.63, 3.8) is 0 Å². The Labute approximate surface area is 206 Å². The lowest BCUT2D eigenvalue weighted by Crippen LogP contribution is -2.34. The topological polar surface area (TPSA) is 93.2 Å². The summed E-state index contributed by atoms with van der Waals surface area (Å²) in [5.74, 6) is 2.66. The molecule has 0 atom stereocenters. The summed E-state index contributed by atoms with van der Waals surface area (Å²) in [5, 5.41) is 9.24. The number of hydrogen-bond donors (Lipinski definition) is 3. The first-order valence-electron chi connectivity index (χ1n) is 10.6. The zero-order valence-electron chi connectivity index (χ0n) is 18.3. The molecule has 0 unspecified atom stereocenters. The maximum Gasteiger partial charge on any atom is 0.241 e. The minimum atomic E-state index is -0.130. The third kappa shape index (κ3) is 8.81. The molecule has 0 radical (unpaired) electrons. The number of nitrogens with zero attached hydrogens (tertiary/aromatic N) is 1. The third-order valence-electron chi connectivity index (χ3n) is 4.39. The molecule has 32 heavy (non-hydrogen) atoms. The first kappa shape index (κ1) is 25.6. The van der Waals surface area contributed by atoms with Crippen LogP contribution >= 0.6 is 24.0 Å². The Hall–Kier alpha value is -2.69. The number of benzene rings is 2. The second kappa shape index (κ2) is 14.4. The number of likely N-dealkylation sites (N-methyl/N-ethyl adjacent to an activating group) is 1. The van der Waals surface area contributed by atoms with Crippen LogP contribution in [0.25, 0.3) is 0 Å². The van der Waals surface area contributed by atoms with Crippen molar-refractivity contribution in [3.8, 4) is 17.2 Å². The summed E-state index contributed by atoms with van der Waals surface area (Å²) < 4.78 is 17.1. The molecule has 0 spiro atoms. The number of anilines is 1. The van der Waals surface area contributed by atoms with E-state index in [1.165, 1.54) is 0 Å². The number of para-hydroxylation sites is 1. The van der Waals surface area contributed by atoms with E-state index in [-0.39, 0.29) is 36.4 Å². The third-order valence-corrected chi connectivity index (χ3v) is 4.39. The van der Waals surface area contributed by atoms with Crippen molar-refractivity contribution in [1.82, 2.24) is 10.6 Å². The highest BCUT2D eigenvalue weighted by Gasteiger charge is 2.11. The summed E-state index contributed by atoms with van der Waals surface area (Å²) in [7, 11) is 0. The molecule has 3 N–H and O–H groups in total. The van der Waals surface area contributed by atoms with Crippen LogP contribution in [0.2, 0.25) is 0 Å². The van der Waals surface area contributed by atoms with Gasteiger partial charge in [0.2, 0.25) is 5.91 Å². The summed E-state index contributed by atoms with van der Waals surface area (Å²) in [5.41, 5.74) is 0.798. The molecule has 174 valence electrons. The van der Waals surface area contributed by atoms with Gasteiger partial charge in [0, 0.05) is 31.3 Å². The number of rotatable bonds is 9. The lowest BCUT2D eigenvalue weighted by Gasteiger charge is -2.15. The van der Waals surface area contributed by atoms with Crippen molar-refractivity contribution in [1.29, 1.82) is 0 Å². The Morgan fingerprint density at radius 1 is 1.06 bits per heavy atom. The van der Waals surface area contributed by atoms with E-state index in [1.807, 2.05) is 55.5 Å². The van der Waals surface area contributed by atoms with Gasteiger partial charge in [0.15, 0.2) is 17.5 Å². The highest BCUT2D eigenvalue weighted by atomic mass is 127. The van der Waals surface area contributed by atoms with Gasteiger partial charge in [-0.05, 0) is 37.6 Å². The van der Waals surface area contributed by atoms with Crippen LogP contribution in [0, 0.1) is 0 Å². The molecule has 1 amide bonds. The van der Waals surface area contributed by atoms with Gasteiger partial charge in [0.25, 0.3) is 0 Å². The lowest BCUT2D eigenvalue weighted by atomic mass is 10.2. The number of carbonyl (C=O) groups excluding carboxylic acids is 1. The Kier molecular flexibility index (Phi) is 11.5. The minimum absolute atomic E-state index is 0. The normalized spacial score (nSPS) is 12.7. The zero-order chi connectivity index (χ0) is 21.7. The molecule has 2 aromatic rings. The number of aliphatic imine (C=N–C) groups is 1. The van der Waals surface area contributed by atoms with Crippen molar-refractivity contribution in [3.05, 3.63) is 48.5 Å². The molecule has 3 rings (SSSR count). The standard InChI is InChI=1S/C23H30N4O4.HI/c1-2-24-22(28)17-26-23(25-12-6-13-29-19-8-4-3-5-9-19)27-18-10-11-20-21(16-18)31-15-7-14-30-20;/h3-5,8-11,16H,2,6-7,12-15,17H2,1H3,(H,24,28)(H2,25,26,27);1H. The maximum absolute atomic E-state index is 11.8. The molecule has 0 saturated heterocycles. The van der Waals surface area contributed by atoms with Gasteiger partial charge in [0.05, 0.1) is 19.8 Å². The molecule has 1 aliphatic heterocycles. The van der Waals surface area contributed by atoms with E-state index < -0.39 is 0 Å². The number of fused-ring (bicyclic) bond motifs is 1. The number of nitrogens with one attached hydrogen (secondary N) is 3. The number of ether oxygens (including phenoxy) is 3. The minimum Gasteiger partial charge on any atom is -0.494 e. The number of carbonyl (C=O) groups is 1. The largest absolute Gasteiger partial charge is 0.494 e. The Bertz CT molecular complexity index is 864. The van der Waals surface area contributed by atoms with Gasteiger partial charge < -0.3 is 30.2 Å². The predicted molar refractivity (Wildman–Crippen MR) is 137 cm³/mol. The Balaban J connectivity index is 0.00000363. The molecular weight excluding hydrogens is 523 g/mol. The molecule has 0 saturated carbocycles. The number of hydrogen-bond acceptors (Lipinski definition) is 5. The molecule has 0 aromatic heterocycles. The molecule has 0 aliphatic carbocycles. The van der Waals surface area contributed by atoms with Gasteiger partial charge >= 0.3 is 0 Å². The molecule has 1 heterocycles. The number of amides is 1. The van der Waals surface area contributed by atoms with Gasteiger partial charge in [-0.25, -0.2) is 4.99 Å². The first-order valence-corrected chi connectivity index (χ1v) is 10.6. The summed E-state index contributed by atoms with van der Waals surface area (Å²) in [6.45, 7) is 4.96. The molecule has 0 bridgehead atoms. The van der Waals surface area contributed by atoms with Crippen LogP contribution in [-0.4, -0.2) is 51.3 Å². The highest BCUT2D eigenvalue weighted by Crippen LogP contribution is 2.32. The molecule has 0 fully saturated rings. The van der Waals surface area contributed by atoms with Crippen LogP contribution in [-0.2, 0) is 4.79 Å². The van der Waals surface area contributed by atoms with Crippen molar-refractivity contribution in [2.45, 2.75) is 19.8 Å². The average molecular weight is 554 g/mol. The van der Waals surface area contributed by atoms with Crippen molar-refractivity contribution in [2.24, 2.45) is 4.99 Å². The molecule has 8 nitrogen and oxygen atoms in total. The van der Waals surface area contributed by atoms with Crippen LogP contribution in [0.15, 0.2) is 53.5 Å². The number of guanidine groups is 1. The summed E-state index contributed by atoms with van der Waals surface area (Å²) in [6.07, 6.45) is 1.63. The van der Waals surface area contributed by atoms with E-state index >= 15 is 0 Å². The summed E-state index contributed by atoms with van der Waals surface area (Å²) in [6, 6.07) is 15.3. The van der Waals surface area contributed by atoms with Crippen LogP contribution < -0.4 is 30.2 Å². The second-order valence-electron chi connectivity index (χ2n) is 6.90. The maximum atomic E-state index is 11.8. The summed E-state index contributed by atoms with van der Waals surface area (Å²) in [4.78, 5) is 16.2. The fraction of sp³-hybridized carbons (Fsp3) is 0.391. The van der Waals surface area contributed by atoms with Crippen LogP contribution in [0.5, 0.6) is 17.2 Å². The van der Waals surface area contributed by atoms with Crippen molar-refractivity contribution < 1.29 is 19.0 Å². The van der Waals surface area contributed by atoms with Gasteiger partial charge in [0.1, 0.15) is 12.3 Å². The Morgan fingerprint density at radius 2 is 1.84 bits per heavy atom. The van der Waals surface area contributed by atoms with Gasteiger partial charge in [-0.2, -0.15) is 0 Å². The number of halogens is 1. The molecule has 9 heteroatoms. The molecule has 2 aromatic carbocycles. The smallest absolute Gasteiger partial charge is 0.241 e. The van der Waals surface area contributed by atoms with E-state index in [0.717, 1.165) is 30.0 Å². The van der Waals surface area contributed by atoms with Gasteiger partial charge in [-0.3, -0.25) is 4.79 Å². The van der Waals surface area contributed by atoms with Gasteiger partial charge in [-0.1, -0.05) is 18.2 Å². The molecule has 1 aliphatic rings. The fourth-order valence-corrected chi connectivity index (χ4v) is 2.91. The SMILES string of the molecule is CCNC(=O)CN=C(NCCCOc1ccccc1)Nc1ccc2c(c1)OCCCO2.I. The lowest BCUT2D eigenvalue weighted by molar-refractivity contribution is -0.119. The predicted octanol–water partition coefficient (Wildman–Crippen LogP) is 3.43. The summed E-state index contributed by atoms with van der Waals surface area (Å²) >= 11 is 0. The van der Waals surface area contributed by atoms with E-state index in [2.05, 4.69) is 20.9 Å². The van der Waals surface area contributed by atoms with E-state index in [0.29, 0.717) is 44.6 Å². The van der Waals surface area contributed by atoms with Crippen LogP contribution in [0.4, 0.5) is 5.69 Å². The molecular formula is C23H31IN4O4. The van der Waals surface area contributed by atoms with E-state index in [9.17, 15) is 4.79 Å². The first-order chi connectivity index (χ1) is 15.2. The van der Waals surface area contributed by atoms with Crippen molar-refractivity contribution in [2.75, 3.05) is 44.8 Å². The van der Waals surface area contributed by atoms with Crippen LogP contribution in [0.1, 0.15) is 19.8 Å². The van der Waals surface area contributed by atoms with E-state index in [4.69, 9.17) is 14.2 Å². The fourth-order valence-electron chi connectivity index (χ4n) is 2.91. The zero-order valence-corrected chi connectivity index (χ0v) is 20.6.